The summed E-state index contributed by atoms with van der Waals surface area (Å²) in [4.78, 5) is 39.2. The van der Waals surface area contributed by atoms with Gasteiger partial charge in [0.2, 0.25) is 17.7 Å². The van der Waals surface area contributed by atoms with Crippen molar-refractivity contribution < 1.29 is 14.4 Å². The first-order valence-electron chi connectivity index (χ1n) is 8.82. The lowest BCUT2D eigenvalue weighted by Gasteiger charge is -2.36. The number of imide groups is 1. The predicted octanol–water partition coefficient (Wildman–Crippen LogP) is 2.15. The van der Waals surface area contributed by atoms with E-state index in [1.54, 1.807) is 0 Å². The highest BCUT2D eigenvalue weighted by Crippen LogP contribution is 2.22. The molecule has 2 fully saturated rings. The van der Waals surface area contributed by atoms with Crippen LogP contribution in [0.25, 0.3) is 0 Å². The minimum Gasteiger partial charge on any atom is -0.339 e. The van der Waals surface area contributed by atoms with E-state index in [2.05, 4.69) is 12.1 Å². The fourth-order valence-corrected chi connectivity index (χ4v) is 3.65. The summed E-state index contributed by atoms with van der Waals surface area (Å²) in [6.07, 6.45) is 4.86. The van der Waals surface area contributed by atoms with E-state index >= 15 is 0 Å². The molecule has 5 heteroatoms. The number of piperidine rings is 1. The summed E-state index contributed by atoms with van der Waals surface area (Å²) < 4.78 is 0. The van der Waals surface area contributed by atoms with Crippen molar-refractivity contribution in [2.24, 2.45) is 0 Å². The van der Waals surface area contributed by atoms with Gasteiger partial charge in [-0.2, -0.15) is 0 Å². The number of benzene rings is 1. The molecule has 5 nitrogen and oxygen atoms in total. The molecule has 1 atom stereocenters. The minimum atomic E-state index is -0.146. The summed E-state index contributed by atoms with van der Waals surface area (Å²) in [6.45, 7) is 1.00. The molecule has 0 saturated carbocycles. The SMILES string of the molecule is O=C1CCC(=O)N1CCC(=O)N1CCCCC1Cc1ccccc1. The third-order valence-electron chi connectivity index (χ3n) is 4.97. The quantitative estimate of drug-likeness (QED) is 0.778. The zero-order chi connectivity index (χ0) is 16.9. The maximum Gasteiger partial charge on any atom is 0.229 e. The van der Waals surface area contributed by atoms with Crippen LogP contribution in [0.3, 0.4) is 0 Å². The Labute approximate surface area is 142 Å². The van der Waals surface area contributed by atoms with E-state index in [0.717, 1.165) is 32.2 Å². The van der Waals surface area contributed by atoms with Gasteiger partial charge < -0.3 is 4.90 Å². The molecule has 0 aromatic heterocycles. The Morgan fingerprint density at radius 1 is 1.04 bits per heavy atom. The van der Waals surface area contributed by atoms with Crippen LogP contribution in [0, 0.1) is 0 Å². The molecule has 128 valence electrons. The summed E-state index contributed by atoms with van der Waals surface area (Å²) >= 11 is 0. The van der Waals surface area contributed by atoms with Crippen LogP contribution in [-0.2, 0) is 20.8 Å². The first kappa shape index (κ1) is 16.7. The van der Waals surface area contributed by atoms with E-state index < -0.39 is 0 Å². The molecule has 2 aliphatic rings. The van der Waals surface area contributed by atoms with Crippen LogP contribution >= 0.6 is 0 Å². The molecule has 2 heterocycles. The number of nitrogens with zero attached hydrogens (tertiary/aromatic N) is 2. The van der Waals surface area contributed by atoms with Gasteiger partial charge in [-0.3, -0.25) is 19.3 Å². The van der Waals surface area contributed by atoms with Gasteiger partial charge in [0.05, 0.1) is 0 Å². The molecule has 1 aromatic rings. The largest absolute Gasteiger partial charge is 0.339 e. The minimum absolute atomic E-state index is 0.0585. The lowest BCUT2D eigenvalue weighted by atomic mass is 9.95. The van der Waals surface area contributed by atoms with Crippen molar-refractivity contribution >= 4 is 17.7 Å². The van der Waals surface area contributed by atoms with Crippen molar-refractivity contribution in [2.75, 3.05) is 13.1 Å². The number of hydrogen-bond acceptors (Lipinski definition) is 3. The Hall–Kier alpha value is -2.17. The number of likely N-dealkylation sites (tertiary alicyclic amines) is 2. The summed E-state index contributed by atoms with van der Waals surface area (Å²) in [5, 5.41) is 0. The molecule has 1 unspecified atom stereocenters. The van der Waals surface area contributed by atoms with Crippen molar-refractivity contribution in [1.29, 1.82) is 0 Å². The van der Waals surface area contributed by atoms with Crippen LogP contribution in [0.4, 0.5) is 0 Å². The molecule has 2 saturated heterocycles. The molecule has 3 rings (SSSR count). The number of carbonyl (C=O) groups excluding carboxylic acids is 3. The van der Waals surface area contributed by atoms with Gasteiger partial charge in [0.1, 0.15) is 0 Å². The molecule has 2 aliphatic heterocycles. The molecule has 0 bridgehead atoms. The van der Waals surface area contributed by atoms with Gasteiger partial charge in [-0.15, -0.1) is 0 Å². The Kier molecular flexibility index (Phi) is 5.28. The van der Waals surface area contributed by atoms with Crippen molar-refractivity contribution in [3.05, 3.63) is 35.9 Å². The number of hydrogen-bond donors (Lipinski definition) is 0. The molecule has 0 N–H and O–H groups in total. The van der Waals surface area contributed by atoms with Crippen molar-refractivity contribution in [3.8, 4) is 0 Å². The standard InChI is InChI=1S/C19H24N2O3/c22-17-9-10-18(23)21(17)13-11-19(24)20-12-5-4-8-16(20)14-15-6-2-1-3-7-15/h1-3,6-7,16H,4-5,8-14H2. The molecule has 0 aliphatic carbocycles. The Morgan fingerprint density at radius 3 is 2.46 bits per heavy atom. The number of rotatable bonds is 5. The highest BCUT2D eigenvalue weighted by molar-refractivity contribution is 6.02. The zero-order valence-electron chi connectivity index (χ0n) is 13.9. The van der Waals surface area contributed by atoms with Gasteiger partial charge in [0.15, 0.2) is 0 Å². The van der Waals surface area contributed by atoms with E-state index in [4.69, 9.17) is 0 Å². The van der Waals surface area contributed by atoms with E-state index in [1.165, 1.54) is 10.5 Å². The predicted molar refractivity (Wildman–Crippen MR) is 90.1 cm³/mol. The van der Waals surface area contributed by atoms with Gasteiger partial charge in [0.25, 0.3) is 0 Å². The van der Waals surface area contributed by atoms with Gasteiger partial charge in [-0.1, -0.05) is 30.3 Å². The lowest BCUT2D eigenvalue weighted by molar-refractivity contribution is -0.140. The van der Waals surface area contributed by atoms with Gasteiger partial charge in [0, 0.05) is 38.4 Å². The highest BCUT2D eigenvalue weighted by atomic mass is 16.2. The Balaban J connectivity index is 1.59. The molecule has 24 heavy (non-hydrogen) atoms. The van der Waals surface area contributed by atoms with Gasteiger partial charge in [-0.25, -0.2) is 0 Å². The van der Waals surface area contributed by atoms with Crippen molar-refractivity contribution in [2.45, 2.75) is 51.0 Å². The molecular weight excluding hydrogens is 304 g/mol. The lowest BCUT2D eigenvalue weighted by Crippen LogP contribution is -2.46. The Bertz CT molecular complexity index is 598. The Morgan fingerprint density at radius 2 is 1.75 bits per heavy atom. The van der Waals surface area contributed by atoms with Crippen LogP contribution in [-0.4, -0.2) is 46.7 Å². The van der Waals surface area contributed by atoms with Crippen LogP contribution in [0.5, 0.6) is 0 Å². The summed E-state index contributed by atoms with van der Waals surface area (Å²) in [6, 6.07) is 10.5. The van der Waals surface area contributed by atoms with Crippen LogP contribution < -0.4 is 0 Å². The van der Waals surface area contributed by atoms with E-state index in [9.17, 15) is 14.4 Å². The van der Waals surface area contributed by atoms with Crippen molar-refractivity contribution in [3.63, 3.8) is 0 Å². The topological polar surface area (TPSA) is 57.7 Å². The third-order valence-corrected chi connectivity index (χ3v) is 4.97. The smallest absolute Gasteiger partial charge is 0.229 e. The first-order valence-corrected chi connectivity index (χ1v) is 8.82. The molecule has 3 amide bonds. The summed E-state index contributed by atoms with van der Waals surface area (Å²) in [5.41, 5.74) is 1.24. The zero-order valence-corrected chi connectivity index (χ0v) is 13.9. The number of carbonyl (C=O) groups is 3. The second-order valence-electron chi connectivity index (χ2n) is 6.62. The molecular formula is C19H24N2O3. The van der Waals surface area contributed by atoms with Gasteiger partial charge >= 0.3 is 0 Å². The second-order valence-corrected chi connectivity index (χ2v) is 6.62. The average molecular weight is 328 g/mol. The maximum absolute atomic E-state index is 12.6. The summed E-state index contributed by atoms with van der Waals surface area (Å²) in [5.74, 6) is -0.234. The second kappa shape index (κ2) is 7.60. The monoisotopic (exact) mass is 328 g/mol. The molecule has 1 aromatic carbocycles. The van der Waals surface area contributed by atoms with E-state index in [0.29, 0.717) is 0 Å². The third kappa shape index (κ3) is 3.83. The molecule has 0 radical (unpaired) electrons. The first-order chi connectivity index (χ1) is 11.6. The number of amides is 3. The van der Waals surface area contributed by atoms with Crippen molar-refractivity contribution in [1.82, 2.24) is 9.80 Å². The average Bonchev–Trinajstić information content (AvgIpc) is 2.92. The summed E-state index contributed by atoms with van der Waals surface area (Å²) in [7, 11) is 0. The van der Waals surface area contributed by atoms with Crippen LogP contribution in [0.2, 0.25) is 0 Å². The maximum atomic E-state index is 12.6. The van der Waals surface area contributed by atoms with Crippen LogP contribution in [0.1, 0.15) is 44.1 Å². The normalized spacial score (nSPS) is 21.4. The molecule has 0 spiro atoms. The fraction of sp³-hybridized carbons (Fsp3) is 0.526. The van der Waals surface area contributed by atoms with Crippen LogP contribution in [0.15, 0.2) is 30.3 Å². The fourth-order valence-electron chi connectivity index (χ4n) is 3.65. The van der Waals surface area contributed by atoms with E-state index in [-0.39, 0.29) is 49.6 Å². The van der Waals surface area contributed by atoms with Gasteiger partial charge in [-0.05, 0) is 31.2 Å². The van der Waals surface area contributed by atoms with E-state index in [1.807, 2.05) is 23.1 Å². The highest BCUT2D eigenvalue weighted by Gasteiger charge is 2.31.